The zero-order valence-electron chi connectivity index (χ0n) is 15.0. The molecule has 2 rings (SSSR count). The van der Waals surface area contributed by atoms with Crippen molar-refractivity contribution in [3.8, 4) is 0 Å². The van der Waals surface area contributed by atoms with Crippen LogP contribution in [0.25, 0.3) is 0 Å². The smallest absolute Gasteiger partial charge is 0.251 e. The van der Waals surface area contributed by atoms with Gasteiger partial charge in [0.2, 0.25) is 0 Å². The average molecular weight is 356 g/mol. The van der Waals surface area contributed by atoms with Crippen LogP contribution in [-0.2, 0) is 9.47 Å². The van der Waals surface area contributed by atoms with Crippen LogP contribution >= 0.6 is 0 Å². The molecule has 6 heteroatoms. The molecule has 0 aliphatic carbocycles. The number of methoxy groups -OCH3 is 2. The summed E-state index contributed by atoms with van der Waals surface area (Å²) in [6, 6.07) is 16.9. The van der Waals surface area contributed by atoms with Crippen LogP contribution in [-0.4, -0.2) is 51.3 Å². The van der Waals surface area contributed by atoms with Gasteiger partial charge in [0.05, 0.1) is 25.3 Å². The van der Waals surface area contributed by atoms with Gasteiger partial charge in [0, 0.05) is 25.3 Å². The highest BCUT2D eigenvalue weighted by Crippen LogP contribution is 2.05. The Labute approximate surface area is 153 Å². The number of benzene rings is 2. The minimum Gasteiger partial charge on any atom is -0.382 e. The van der Waals surface area contributed by atoms with Gasteiger partial charge in [-0.2, -0.15) is 0 Å². The molecule has 0 unspecified atom stereocenters. The fourth-order valence-electron chi connectivity index (χ4n) is 2.56. The minimum atomic E-state index is -0.444. The van der Waals surface area contributed by atoms with Crippen LogP contribution in [0, 0.1) is 0 Å². The maximum atomic E-state index is 12.5. The van der Waals surface area contributed by atoms with Crippen molar-refractivity contribution in [3.63, 3.8) is 0 Å². The Morgan fingerprint density at radius 2 is 1.08 bits per heavy atom. The third kappa shape index (κ3) is 5.68. The fourth-order valence-corrected chi connectivity index (χ4v) is 2.56. The van der Waals surface area contributed by atoms with Crippen LogP contribution in [0.2, 0.25) is 0 Å². The van der Waals surface area contributed by atoms with Crippen LogP contribution in [0.3, 0.4) is 0 Å². The maximum Gasteiger partial charge on any atom is 0.251 e. The van der Waals surface area contributed by atoms with Gasteiger partial charge in [-0.1, -0.05) is 36.4 Å². The van der Waals surface area contributed by atoms with E-state index in [0.717, 1.165) is 0 Å². The summed E-state index contributed by atoms with van der Waals surface area (Å²) in [5.41, 5.74) is 1.08. The van der Waals surface area contributed by atoms with E-state index in [0.29, 0.717) is 11.1 Å². The van der Waals surface area contributed by atoms with Crippen molar-refractivity contribution < 1.29 is 19.1 Å². The van der Waals surface area contributed by atoms with Gasteiger partial charge in [0.25, 0.3) is 11.8 Å². The Kier molecular flexibility index (Phi) is 7.79. The summed E-state index contributed by atoms with van der Waals surface area (Å²) in [4.78, 5) is 24.9. The summed E-state index contributed by atoms with van der Waals surface area (Å²) in [6.45, 7) is 0.476. The normalized spacial score (nSPS) is 12.8. The van der Waals surface area contributed by atoms with E-state index >= 15 is 0 Å². The van der Waals surface area contributed by atoms with Crippen LogP contribution in [0.5, 0.6) is 0 Å². The molecule has 0 aliphatic rings. The van der Waals surface area contributed by atoms with Crippen molar-refractivity contribution in [2.45, 2.75) is 12.1 Å². The second-order valence-corrected chi connectivity index (χ2v) is 5.80. The van der Waals surface area contributed by atoms with E-state index in [1.807, 2.05) is 12.1 Å². The minimum absolute atomic E-state index is 0.234. The Hall–Kier alpha value is -2.70. The zero-order valence-corrected chi connectivity index (χ0v) is 15.0. The summed E-state index contributed by atoms with van der Waals surface area (Å²) in [5, 5.41) is 5.83. The molecule has 138 valence electrons. The van der Waals surface area contributed by atoms with E-state index in [1.165, 1.54) is 0 Å². The zero-order chi connectivity index (χ0) is 18.8. The van der Waals surface area contributed by atoms with E-state index in [4.69, 9.17) is 9.47 Å². The maximum absolute atomic E-state index is 12.5. The first kappa shape index (κ1) is 19.6. The molecule has 0 heterocycles. The Balaban J connectivity index is 2.11. The Bertz CT molecular complexity index is 630. The van der Waals surface area contributed by atoms with Crippen LogP contribution in [0.4, 0.5) is 0 Å². The van der Waals surface area contributed by atoms with Gasteiger partial charge < -0.3 is 20.1 Å². The second-order valence-electron chi connectivity index (χ2n) is 5.80. The fraction of sp³-hybridized carbons (Fsp3) is 0.300. The highest BCUT2D eigenvalue weighted by Gasteiger charge is 2.26. The number of ether oxygens (including phenoxy) is 2. The van der Waals surface area contributed by atoms with Gasteiger partial charge >= 0.3 is 0 Å². The molecule has 6 nitrogen and oxygen atoms in total. The van der Waals surface area contributed by atoms with E-state index < -0.39 is 12.1 Å². The number of carbonyl (C=O) groups is 2. The molecule has 0 saturated heterocycles. The lowest BCUT2D eigenvalue weighted by molar-refractivity contribution is 0.0719. The van der Waals surface area contributed by atoms with Crippen molar-refractivity contribution in [1.29, 1.82) is 0 Å². The predicted molar refractivity (Wildman–Crippen MR) is 99.1 cm³/mol. The molecule has 2 N–H and O–H groups in total. The van der Waals surface area contributed by atoms with Crippen LogP contribution < -0.4 is 10.6 Å². The summed E-state index contributed by atoms with van der Waals surface area (Å²) in [5.74, 6) is -0.467. The molecular formula is C20H24N2O4. The first-order chi connectivity index (χ1) is 12.7. The van der Waals surface area contributed by atoms with Crippen molar-refractivity contribution in [1.82, 2.24) is 10.6 Å². The molecule has 2 amide bonds. The standard InChI is InChI=1S/C20H24N2O4/c1-25-13-17(21-19(23)15-9-5-3-6-10-15)18(14-26-2)22-20(24)16-11-7-4-8-12-16/h3-12,17-18H,13-14H2,1-2H3,(H,21,23)(H,22,24)/t17-,18-/m1/s1. The summed E-state index contributed by atoms with van der Waals surface area (Å²) in [7, 11) is 3.09. The summed E-state index contributed by atoms with van der Waals surface area (Å²) >= 11 is 0. The molecule has 0 aliphatic heterocycles. The molecule has 0 aromatic heterocycles. The Morgan fingerprint density at radius 3 is 1.38 bits per heavy atom. The molecule has 0 spiro atoms. The monoisotopic (exact) mass is 356 g/mol. The molecule has 0 radical (unpaired) electrons. The number of rotatable bonds is 9. The molecule has 2 aromatic rings. The molecule has 2 atom stereocenters. The Morgan fingerprint density at radius 1 is 0.731 bits per heavy atom. The lowest BCUT2D eigenvalue weighted by Crippen LogP contribution is -2.55. The first-order valence-electron chi connectivity index (χ1n) is 8.35. The topological polar surface area (TPSA) is 76.7 Å². The number of nitrogens with one attached hydrogen (secondary N) is 2. The first-order valence-corrected chi connectivity index (χ1v) is 8.35. The average Bonchev–Trinajstić information content (AvgIpc) is 2.68. The van der Waals surface area contributed by atoms with Gasteiger partial charge in [0.15, 0.2) is 0 Å². The van der Waals surface area contributed by atoms with Crippen LogP contribution in [0.1, 0.15) is 20.7 Å². The number of carbonyl (C=O) groups excluding carboxylic acids is 2. The quantitative estimate of drug-likeness (QED) is 0.719. The highest BCUT2D eigenvalue weighted by atomic mass is 16.5. The van der Waals surface area contributed by atoms with Crippen LogP contribution in [0.15, 0.2) is 60.7 Å². The number of hydrogen-bond acceptors (Lipinski definition) is 4. The van der Waals surface area contributed by atoms with Gasteiger partial charge in [0.1, 0.15) is 0 Å². The lowest BCUT2D eigenvalue weighted by Gasteiger charge is -2.28. The SMILES string of the molecule is COC[C@@H](NC(=O)c1ccccc1)[C@@H](COC)NC(=O)c1ccccc1. The van der Waals surface area contributed by atoms with Crippen molar-refractivity contribution in [2.75, 3.05) is 27.4 Å². The van der Waals surface area contributed by atoms with E-state index in [1.54, 1.807) is 62.8 Å². The van der Waals surface area contributed by atoms with Gasteiger partial charge in [-0.15, -0.1) is 0 Å². The summed E-state index contributed by atoms with van der Waals surface area (Å²) in [6.07, 6.45) is 0. The lowest BCUT2D eigenvalue weighted by atomic mass is 10.1. The third-order valence-corrected chi connectivity index (χ3v) is 3.88. The van der Waals surface area contributed by atoms with Crippen molar-refractivity contribution >= 4 is 11.8 Å². The predicted octanol–water partition coefficient (Wildman–Crippen LogP) is 1.88. The summed E-state index contributed by atoms with van der Waals surface area (Å²) < 4.78 is 10.5. The van der Waals surface area contributed by atoms with Gasteiger partial charge in [-0.3, -0.25) is 9.59 Å². The van der Waals surface area contributed by atoms with Crippen molar-refractivity contribution in [3.05, 3.63) is 71.8 Å². The van der Waals surface area contributed by atoms with Gasteiger partial charge in [-0.25, -0.2) is 0 Å². The second kappa shape index (κ2) is 10.3. The molecule has 2 aromatic carbocycles. The molecule has 0 saturated carbocycles. The molecule has 0 fully saturated rings. The van der Waals surface area contributed by atoms with E-state index in [-0.39, 0.29) is 25.0 Å². The van der Waals surface area contributed by atoms with E-state index in [2.05, 4.69) is 10.6 Å². The van der Waals surface area contributed by atoms with Crippen molar-refractivity contribution in [2.24, 2.45) is 0 Å². The highest BCUT2D eigenvalue weighted by molar-refractivity contribution is 5.95. The number of amides is 2. The number of hydrogen-bond donors (Lipinski definition) is 2. The molecular weight excluding hydrogens is 332 g/mol. The largest absolute Gasteiger partial charge is 0.382 e. The van der Waals surface area contributed by atoms with Gasteiger partial charge in [-0.05, 0) is 24.3 Å². The molecule has 26 heavy (non-hydrogen) atoms. The molecule has 0 bridgehead atoms. The third-order valence-electron chi connectivity index (χ3n) is 3.88. The van der Waals surface area contributed by atoms with E-state index in [9.17, 15) is 9.59 Å².